The van der Waals surface area contributed by atoms with Crippen molar-refractivity contribution in [3.05, 3.63) is 77.0 Å². The number of aliphatic hydroxyl groups excluding tert-OH is 1. The van der Waals surface area contributed by atoms with E-state index in [1.807, 2.05) is 24.3 Å². The third-order valence-corrected chi connectivity index (χ3v) is 5.82. The molecule has 1 fully saturated rings. The number of hydrogen-bond donors (Lipinski definition) is 3. The smallest absolute Gasteiger partial charge is 0.271 e. The number of anilines is 2. The van der Waals surface area contributed by atoms with Gasteiger partial charge in [-0.05, 0) is 48.0 Å². The molecule has 1 aromatic carbocycles. The number of nitrogens with zero attached hydrogens (tertiary/aromatic N) is 3. The second kappa shape index (κ2) is 11.6. The number of aromatic amines is 1. The lowest BCUT2D eigenvalue weighted by Crippen LogP contribution is -2.47. The summed E-state index contributed by atoms with van der Waals surface area (Å²) in [6, 6.07) is 12.8. The average Bonchev–Trinajstić information content (AvgIpc) is 2.89. The molecule has 0 atom stereocenters. The third kappa shape index (κ3) is 6.07. The van der Waals surface area contributed by atoms with Crippen molar-refractivity contribution in [2.75, 3.05) is 62.8 Å². The van der Waals surface area contributed by atoms with Crippen LogP contribution in [0.3, 0.4) is 0 Å². The summed E-state index contributed by atoms with van der Waals surface area (Å²) in [4.78, 5) is 36.3. The normalized spacial score (nSPS) is 14.2. The molecule has 0 bridgehead atoms. The number of amides is 1. The molecule has 9 heteroatoms. The molecule has 0 aliphatic carbocycles. The molecule has 34 heavy (non-hydrogen) atoms. The molecule has 0 saturated carbocycles. The van der Waals surface area contributed by atoms with E-state index in [-0.39, 0.29) is 23.8 Å². The van der Waals surface area contributed by atoms with Crippen LogP contribution in [0.4, 0.5) is 11.4 Å². The summed E-state index contributed by atoms with van der Waals surface area (Å²) < 4.78 is 5.34. The highest BCUT2D eigenvalue weighted by Gasteiger charge is 2.17. The number of rotatable bonds is 9. The maximum Gasteiger partial charge on any atom is 0.271 e. The fraction of sp³-hybridized carbons (Fsp3) is 0.320. The van der Waals surface area contributed by atoms with Gasteiger partial charge in [-0.15, -0.1) is 0 Å². The van der Waals surface area contributed by atoms with Gasteiger partial charge < -0.3 is 25.0 Å². The Morgan fingerprint density at radius 3 is 2.47 bits per heavy atom. The van der Waals surface area contributed by atoms with Gasteiger partial charge in [0.1, 0.15) is 5.69 Å². The first kappa shape index (κ1) is 23.6. The van der Waals surface area contributed by atoms with Crippen LogP contribution in [0.2, 0.25) is 0 Å². The minimum atomic E-state index is -0.359. The summed E-state index contributed by atoms with van der Waals surface area (Å²) in [5, 5.41) is 11.5. The highest BCUT2D eigenvalue weighted by Crippen LogP contribution is 2.20. The number of aliphatic hydroxyl groups is 1. The van der Waals surface area contributed by atoms with Crippen molar-refractivity contribution in [3.63, 3.8) is 0 Å². The Morgan fingerprint density at radius 1 is 1.03 bits per heavy atom. The summed E-state index contributed by atoms with van der Waals surface area (Å²) >= 11 is 0. The quantitative estimate of drug-likeness (QED) is 0.415. The average molecular weight is 464 g/mol. The first-order valence-electron chi connectivity index (χ1n) is 11.3. The molecule has 0 unspecified atom stereocenters. The van der Waals surface area contributed by atoms with E-state index in [0.717, 1.165) is 49.5 Å². The van der Waals surface area contributed by atoms with Crippen LogP contribution >= 0.6 is 0 Å². The van der Waals surface area contributed by atoms with Crippen LogP contribution in [0.1, 0.15) is 10.4 Å². The highest BCUT2D eigenvalue weighted by atomic mass is 16.5. The zero-order chi connectivity index (χ0) is 23.8. The first-order valence-corrected chi connectivity index (χ1v) is 11.3. The molecule has 1 amide bonds. The Labute approximate surface area is 198 Å². The van der Waals surface area contributed by atoms with Gasteiger partial charge in [0.15, 0.2) is 0 Å². The first-order chi connectivity index (χ1) is 16.6. The number of nitrogens with one attached hydrogen (secondary N) is 2. The Kier molecular flexibility index (Phi) is 8.03. The molecule has 0 radical (unpaired) electrons. The van der Waals surface area contributed by atoms with E-state index in [4.69, 9.17) is 9.84 Å². The van der Waals surface area contributed by atoms with Crippen LogP contribution in [0.25, 0.3) is 11.1 Å². The van der Waals surface area contributed by atoms with Gasteiger partial charge in [0.05, 0.1) is 19.8 Å². The number of carbonyl (C=O) groups excluding carboxylic acids is 1. The predicted octanol–water partition coefficient (Wildman–Crippen LogP) is 1.82. The van der Waals surface area contributed by atoms with Crippen molar-refractivity contribution in [2.45, 2.75) is 0 Å². The predicted molar refractivity (Wildman–Crippen MR) is 131 cm³/mol. The molecule has 0 spiro atoms. The lowest BCUT2D eigenvalue weighted by Gasteiger charge is -2.36. The van der Waals surface area contributed by atoms with Crippen LogP contribution in [-0.4, -0.2) is 78.4 Å². The third-order valence-electron chi connectivity index (χ3n) is 5.82. The molecular formula is C25H29N5O4. The Hall–Kier alpha value is -3.53. The number of carbonyl (C=O) groups is 1. The van der Waals surface area contributed by atoms with E-state index in [1.165, 1.54) is 0 Å². The molecule has 9 nitrogen and oxygen atoms in total. The van der Waals surface area contributed by atoms with Gasteiger partial charge >= 0.3 is 0 Å². The van der Waals surface area contributed by atoms with Gasteiger partial charge in [-0.25, -0.2) is 0 Å². The van der Waals surface area contributed by atoms with Crippen LogP contribution in [0.15, 0.2) is 65.8 Å². The molecule has 178 valence electrons. The maximum atomic E-state index is 12.8. The van der Waals surface area contributed by atoms with Crippen molar-refractivity contribution >= 4 is 17.3 Å². The number of aromatic nitrogens is 2. The van der Waals surface area contributed by atoms with Gasteiger partial charge in [0.25, 0.3) is 11.5 Å². The lowest BCUT2D eigenvalue weighted by molar-refractivity contribution is 0.0724. The van der Waals surface area contributed by atoms with Crippen molar-refractivity contribution in [2.24, 2.45) is 0 Å². The monoisotopic (exact) mass is 463 g/mol. The number of pyridine rings is 2. The summed E-state index contributed by atoms with van der Waals surface area (Å²) in [5.41, 5.74) is 3.06. The fourth-order valence-electron chi connectivity index (χ4n) is 3.90. The summed E-state index contributed by atoms with van der Waals surface area (Å²) in [6.45, 7) is 5.56. The molecule has 1 saturated heterocycles. The molecule has 1 aliphatic heterocycles. The van der Waals surface area contributed by atoms with E-state index in [1.54, 1.807) is 36.8 Å². The number of H-pyrrole nitrogens is 1. The Morgan fingerprint density at radius 2 is 1.76 bits per heavy atom. The largest absolute Gasteiger partial charge is 0.394 e. The molecular weight excluding hydrogens is 434 g/mol. The molecule has 1 aliphatic rings. The number of hydrogen-bond acceptors (Lipinski definition) is 7. The second-order valence-corrected chi connectivity index (χ2v) is 8.03. The minimum absolute atomic E-state index is 0.0519. The Balaban J connectivity index is 1.34. The van der Waals surface area contributed by atoms with Gasteiger partial charge in [0.2, 0.25) is 0 Å². The van der Waals surface area contributed by atoms with Gasteiger partial charge in [-0.2, -0.15) is 0 Å². The maximum absolute atomic E-state index is 12.8. The number of ether oxygens (including phenoxy) is 1. The standard InChI is InChI=1S/C25H29N5O4/c31-14-16-34-15-13-29-9-11-30(12-10-29)22-3-1-20(2-4-22)24(32)28-23-17-21(18-27-25(23)33)19-5-7-26-8-6-19/h1-8,17-18,31H,9-16H2,(H,27,33)(H,28,32). The van der Waals surface area contributed by atoms with E-state index in [2.05, 4.69) is 25.1 Å². The second-order valence-electron chi connectivity index (χ2n) is 8.03. The van der Waals surface area contributed by atoms with Crippen molar-refractivity contribution in [1.82, 2.24) is 14.9 Å². The molecule has 3 N–H and O–H groups in total. The fourth-order valence-corrected chi connectivity index (χ4v) is 3.90. The van der Waals surface area contributed by atoms with Crippen LogP contribution in [0, 0.1) is 0 Å². The molecule has 3 aromatic rings. The topological polar surface area (TPSA) is 111 Å². The SMILES string of the molecule is O=C(Nc1cc(-c2ccncc2)c[nH]c1=O)c1ccc(N2CCN(CCOCCO)CC2)cc1. The zero-order valence-corrected chi connectivity index (χ0v) is 18.9. The van der Waals surface area contributed by atoms with E-state index < -0.39 is 0 Å². The van der Waals surface area contributed by atoms with Gasteiger partial charge in [-0.1, -0.05) is 0 Å². The van der Waals surface area contributed by atoms with E-state index >= 15 is 0 Å². The Bertz CT molecular complexity index is 1130. The van der Waals surface area contributed by atoms with Crippen molar-refractivity contribution < 1.29 is 14.6 Å². The minimum Gasteiger partial charge on any atom is -0.394 e. The lowest BCUT2D eigenvalue weighted by atomic mass is 10.1. The van der Waals surface area contributed by atoms with Gasteiger partial charge in [-0.3, -0.25) is 19.5 Å². The highest BCUT2D eigenvalue weighted by molar-refractivity contribution is 6.04. The van der Waals surface area contributed by atoms with E-state index in [9.17, 15) is 9.59 Å². The summed E-state index contributed by atoms with van der Waals surface area (Å²) in [5.74, 6) is -0.336. The summed E-state index contributed by atoms with van der Waals surface area (Å²) in [7, 11) is 0. The van der Waals surface area contributed by atoms with Crippen LogP contribution in [-0.2, 0) is 4.74 Å². The van der Waals surface area contributed by atoms with E-state index in [0.29, 0.717) is 18.8 Å². The van der Waals surface area contributed by atoms with Crippen LogP contribution < -0.4 is 15.8 Å². The van der Waals surface area contributed by atoms with Crippen molar-refractivity contribution in [1.29, 1.82) is 0 Å². The zero-order valence-electron chi connectivity index (χ0n) is 18.9. The summed E-state index contributed by atoms with van der Waals surface area (Å²) in [6.07, 6.45) is 4.96. The number of piperazine rings is 1. The van der Waals surface area contributed by atoms with Gasteiger partial charge in [0, 0.05) is 68.1 Å². The molecule has 4 rings (SSSR count). The molecule has 3 heterocycles. The van der Waals surface area contributed by atoms with Crippen LogP contribution in [0.5, 0.6) is 0 Å². The number of benzene rings is 1. The molecule has 2 aromatic heterocycles. The van der Waals surface area contributed by atoms with Crippen molar-refractivity contribution in [3.8, 4) is 11.1 Å².